The van der Waals surface area contributed by atoms with Gasteiger partial charge in [0.05, 0.1) is 29.8 Å². The molecule has 1 N–H and O–H groups in total. The number of piperidine rings is 1. The molecule has 3 heterocycles. The van der Waals surface area contributed by atoms with Crippen molar-refractivity contribution in [1.29, 1.82) is 0 Å². The van der Waals surface area contributed by atoms with Crippen LogP contribution in [-0.2, 0) is 14.3 Å². The van der Waals surface area contributed by atoms with Gasteiger partial charge in [-0.2, -0.15) is 0 Å². The van der Waals surface area contributed by atoms with Gasteiger partial charge in [-0.25, -0.2) is 9.79 Å². The van der Waals surface area contributed by atoms with Gasteiger partial charge in [0.15, 0.2) is 5.17 Å². The van der Waals surface area contributed by atoms with Crippen LogP contribution in [0.15, 0.2) is 51.6 Å². The monoisotopic (exact) mass is 496 g/mol. The van der Waals surface area contributed by atoms with Gasteiger partial charge >= 0.3 is 5.97 Å². The number of likely N-dealkylation sites (tertiary alicyclic amines) is 1. The number of ether oxygens (including phenoxy) is 1. The predicted octanol–water partition coefficient (Wildman–Crippen LogP) is 4.51. The number of fused-ring (bicyclic) bond motifs is 1. The van der Waals surface area contributed by atoms with Gasteiger partial charge in [-0.15, -0.1) is 0 Å². The molecule has 8 heteroatoms. The van der Waals surface area contributed by atoms with Gasteiger partial charge in [0, 0.05) is 18.8 Å². The van der Waals surface area contributed by atoms with E-state index in [1.165, 1.54) is 31.0 Å². The Kier molecular flexibility index (Phi) is 8.34. The van der Waals surface area contributed by atoms with Crippen molar-refractivity contribution < 1.29 is 14.3 Å². The molecule has 3 aliphatic heterocycles. The summed E-state index contributed by atoms with van der Waals surface area (Å²) in [4.78, 5) is 35.2. The van der Waals surface area contributed by atoms with Gasteiger partial charge in [0.25, 0.3) is 0 Å². The zero-order valence-corrected chi connectivity index (χ0v) is 22.0. The predicted molar refractivity (Wildman–Crippen MR) is 141 cm³/mol. The molecule has 1 atom stereocenters. The number of esters is 1. The van der Waals surface area contributed by atoms with Gasteiger partial charge in [-0.1, -0.05) is 48.0 Å². The summed E-state index contributed by atoms with van der Waals surface area (Å²) in [5, 5.41) is 5.85. The van der Waals surface area contributed by atoms with Crippen LogP contribution in [0.5, 0.6) is 0 Å². The third-order valence-corrected chi connectivity index (χ3v) is 7.39. The van der Waals surface area contributed by atoms with Gasteiger partial charge in [-0.3, -0.25) is 4.79 Å². The molecule has 0 unspecified atom stereocenters. The third kappa shape index (κ3) is 6.16. The Morgan fingerprint density at radius 3 is 2.54 bits per heavy atom. The summed E-state index contributed by atoms with van der Waals surface area (Å²) in [7, 11) is 0. The number of nitrogens with zero attached hydrogens (tertiary/aromatic N) is 3. The molecule has 1 aromatic rings. The first-order chi connectivity index (χ1) is 16.8. The van der Waals surface area contributed by atoms with E-state index in [2.05, 4.69) is 10.2 Å². The molecule has 0 bridgehead atoms. The van der Waals surface area contributed by atoms with E-state index in [0.29, 0.717) is 17.8 Å². The number of nitrogens with one attached hydrogen (secondary N) is 1. The summed E-state index contributed by atoms with van der Waals surface area (Å²) in [5.74, 6) is -0.386. The highest BCUT2D eigenvalue weighted by atomic mass is 32.2. The lowest BCUT2D eigenvalue weighted by atomic mass is 9.93. The number of thioether (sulfide) groups is 1. The van der Waals surface area contributed by atoms with Crippen molar-refractivity contribution in [2.24, 2.45) is 4.99 Å². The normalized spacial score (nSPS) is 20.5. The van der Waals surface area contributed by atoms with E-state index in [9.17, 15) is 9.59 Å². The zero-order valence-electron chi connectivity index (χ0n) is 21.2. The second kappa shape index (κ2) is 11.4. The minimum atomic E-state index is -0.392. The van der Waals surface area contributed by atoms with E-state index < -0.39 is 6.04 Å². The highest BCUT2D eigenvalue weighted by molar-refractivity contribution is 8.16. The molecule has 0 aromatic heterocycles. The lowest BCUT2D eigenvalue weighted by Crippen LogP contribution is -2.40. The largest absolute Gasteiger partial charge is 0.459 e. The fraction of sp³-hybridized carbons (Fsp3) is 0.519. The number of carbonyl (C=O) groups excluding carboxylic acids is 2. The minimum absolute atomic E-state index is 0.0182. The van der Waals surface area contributed by atoms with E-state index in [1.54, 1.807) is 0 Å². The van der Waals surface area contributed by atoms with Crippen LogP contribution in [0.1, 0.15) is 63.6 Å². The van der Waals surface area contributed by atoms with Crippen molar-refractivity contribution in [2.45, 2.75) is 65.5 Å². The standard InChI is InChI=1S/C27H36N4O3S/c1-18(2)34-26(33)24-20(4)29-27-31(25(24)21-10-8-19(3)9-11-21)22(17-35-27)16-23(32)28-12-15-30-13-6-5-7-14-30/h8-11,17-18,25H,5-7,12-16H2,1-4H3,(H,28,32)/t25-/m0/s1. The van der Waals surface area contributed by atoms with Crippen LogP contribution in [0.2, 0.25) is 0 Å². The Hall–Kier alpha value is -2.58. The van der Waals surface area contributed by atoms with Crippen molar-refractivity contribution in [3.8, 4) is 0 Å². The van der Waals surface area contributed by atoms with E-state index in [0.717, 1.165) is 41.6 Å². The Labute approximate surface area is 212 Å². The van der Waals surface area contributed by atoms with Crippen molar-refractivity contribution >= 4 is 28.8 Å². The summed E-state index contributed by atoms with van der Waals surface area (Å²) in [5.41, 5.74) is 4.13. The Morgan fingerprint density at radius 1 is 1.14 bits per heavy atom. The first kappa shape index (κ1) is 25.5. The second-order valence-electron chi connectivity index (χ2n) is 9.69. The fourth-order valence-electron chi connectivity index (χ4n) is 4.74. The van der Waals surface area contributed by atoms with Crippen LogP contribution < -0.4 is 5.32 Å². The molecule has 4 rings (SSSR count). The molecule has 1 aromatic carbocycles. The second-order valence-corrected chi connectivity index (χ2v) is 10.5. The lowest BCUT2D eigenvalue weighted by molar-refractivity contribution is -0.143. The zero-order chi connectivity index (χ0) is 24.9. The van der Waals surface area contributed by atoms with E-state index in [4.69, 9.17) is 9.73 Å². The van der Waals surface area contributed by atoms with Gasteiger partial charge in [-0.05, 0) is 64.6 Å². The molecule has 0 spiro atoms. The Bertz CT molecular complexity index is 1040. The summed E-state index contributed by atoms with van der Waals surface area (Å²) in [6.45, 7) is 11.3. The third-order valence-electron chi connectivity index (χ3n) is 6.50. The molecule has 0 radical (unpaired) electrons. The summed E-state index contributed by atoms with van der Waals surface area (Å²) >= 11 is 1.50. The van der Waals surface area contributed by atoms with Crippen molar-refractivity contribution in [3.05, 3.63) is 57.8 Å². The Balaban J connectivity index is 1.52. The lowest BCUT2D eigenvalue weighted by Gasteiger charge is -2.36. The molecular formula is C27H36N4O3S. The molecule has 0 saturated carbocycles. The van der Waals surface area contributed by atoms with Crippen LogP contribution >= 0.6 is 11.8 Å². The average molecular weight is 497 g/mol. The van der Waals surface area contributed by atoms with Crippen LogP contribution in [0.4, 0.5) is 0 Å². The van der Waals surface area contributed by atoms with E-state index in [-0.39, 0.29) is 24.4 Å². The first-order valence-corrected chi connectivity index (χ1v) is 13.4. The van der Waals surface area contributed by atoms with Crippen LogP contribution in [0.3, 0.4) is 0 Å². The fourth-order valence-corrected chi connectivity index (χ4v) is 5.70. The maximum Gasteiger partial charge on any atom is 0.338 e. The maximum atomic E-state index is 13.2. The van der Waals surface area contributed by atoms with Crippen LogP contribution in [0, 0.1) is 6.92 Å². The molecule has 0 aliphatic carbocycles. The smallest absolute Gasteiger partial charge is 0.338 e. The van der Waals surface area contributed by atoms with Gasteiger partial charge in [0.2, 0.25) is 5.91 Å². The number of aryl methyl sites for hydroxylation is 1. The number of amidine groups is 1. The molecule has 1 fully saturated rings. The molecular weight excluding hydrogens is 460 g/mol. The number of benzene rings is 1. The molecule has 188 valence electrons. The summed E-state index contributed by atoms with van der Waals surface area (Å²) in [6, 6.07) is 7.77. The van der Waals surface area contributed by atoms with Gasteiger partial charge in [0.1, 0.15) is 0 Å². The van der Waals surface area contributed by atoms with Crippen molar-refractivity contribution in [2.75, 3.05) is 26.2 Å². The first-order valence-electron chi connectivity index (χ1n) is 12.5. The number of allylic oxidation sites excluding steroid dienone is 1. The number of carbonyl (C=O) groups is 2. The van der Waals surface area contributed by atoms with Crippen molar-refractivity contribution in [3.63, 3.8) is 0 Å². The highest BCUT2D eigenvalue weighted by Gasteiger charge is 2.41. The molecule has 7 nitrogen and oxygen atoms in total. The summed E-state index contributed by atoms with van der Waals surface area (Å²) in [6.07, 6.45) is 3.78. The molecule has 3 aliphatic rings. The molecule has 35 heavy (non-hydrogen) atoms. The molecule has 1 saturated heterocycles. The maximum absolute atomic E-state index is 13.2. The van der Waals surface area contributed by atoms with E-state index in [1.807, 2.05) is 62.3 Å². The SMILES string of the molecule is CC1=C(C(=O)OC(C)C)[C@H](c2ccc(C)cc2)N2C(CC(=O)NCCN3CCCCC3)=CSC2=N1. The number of amides is 1. The number of hydrogen-bond acceptors (Lipinski definition) is 7. The van der Waals surface area contributed by atoms with Crippen LogP contribution in [0.25, 0.3) is 0 Å². The van der Waals surface area contributed by atoms with E-state index >= 15 is 0 Å². The number of rotatable bonds is 8. The van der Waals surface area contributed by atoms with Crippen molar-refractivity contribution in [1.82, 2.24) is 15.1 Å². The Morgan fingerprint density at radius 2 is 1.86 bits per heavy atom. The average Bonchev–Trinajstić information content (AvgIpc) is 3.20. The highest BCUT2D eigenvalue weighted by Crippen LogP contribution is 2.44. The molecule has 1 amide bonds. The quantitative estimate of drug-likeness (QED) is 0.534. The topological polar surface area (TPSA) is 74.2 Å². The minimum Gasteiger partial charge on any atom is -0.459 e. The van der Waals surface area contributed by atoms with Gasteiger partial charge < -0.3 is 19.9 Å². The van der Waals surface area contributed by atoms with Crippen LogP contribution in [-0.4, -0.2) is 59.1 Å². The summed E-state index contributed by atoms with van der Waals surface area (Å²) < 4.78 is 5.61. The number of aliphatic imine (C=N–C) groups is 1. The number of hydrogen-bond donors (Lipinski definition) is 1.